The SMILES string of the molecule is COc1ccc(S(=O)(=O)N2CCCC(C(=O)NCC3COc4ccccc4O3)C2)cc1. The van der Waals surface area contributed by atoms with Gasteiger partial charge in [0.15, 0.2) is 11.5 Å². The molecule has 2 heterocycles. The Bertz CT molecular complexity index is 1020. The van der Waals surface area contributed by atoms with Crippen LogP contribution in [0.1, 0.15) is 12.8 Å². The fourth-order valence-electron chi connectivity index (χ4n) is 3.79. The number of carbonyl (C=O) groups excluding carboxylic acids is 1. The van der Waals surface area contributed by atoms with Crippen LogP contribution in [-0.2, 0) is 14.8 Å². The molecule has 0 aliphatic carbocycles. The average molecular weight is 447 g/mol. The Labute approximate surface area is 182 Å². The highest BCUT2D eigenvalue weighted by atomic mass is 32.2. The third kappa shape index (κ3) is 4.77. The van der Waals surface area contributed by atoms with Crippen molar-refractivity contribution in [3.8, 4) is 17.2 Å². The van der Waals surface area contributed by atoms with Crippen LogP contribution in [0.3, 0.4) is 0 Å². The summed E-state index contributed by atoms with van der Waals surface area (Å²) in [6.45, 7) is 1.20. The number of amides is 1. The molecule has 2 atom stereocenters. The van der Waals surface area contributed by atoms with Gasteiger partial charge in [0.05, 0.1) is 24.5 Å². The van der Waals surface area contributed by atoms with Gasteiger partial charge in [0.1, 0.15) is 18.5 Å². The molecule has 1 saturated heterocycles. The first-order chi connectivity index (χ1) is 15.0. The molecule has 0 radical (unpaired) electrons. The molecule has 2 aromatic carbocycles. The van der Waals surface area contributed by atoms with Crippen molar-refractivity contribution in [1.29, 1.82) is 0 Å². The predicted molar refractivity (Wildman–Crippen MR) is 114 cm³/mol. The average Bonchev–Trinajstić information content (AvgIpc) is 2.82. The van der Waals surface area contributed by atoms with Crippen LogP contribution in [0.15, 0.2) is 53.4 Å². The van der Waals surface area contributed by atoms with Crippen molar-refractivity contribution in [2.45, 2.75) is 23.8 Å². The Balaban J connectivity index is 1.34. The zero-order valence-electron chi connectivity index (χ0n) is 17.3. The van der Waals surface area contributed by atoms with E-state index in [1.807, 2.05) is 24.3 Å². The molecule has 9 heteroatoms. The van der Waals surface area contributed by atoms with Gasteiger partial charge in [0.2, 0.25) is 15.9 Å². The van der Waals surface area contributed by atoms with Crippen molar-refractivity contribution in [3.05, 3.63) is 48.5 Å². The van der Waals surface area contributed by atoms with Crippen molar-refractivity contribution in [2.75, 3.05) is 33.4 Å². The van der Waals surface area contributed by atoms with Crippen molar-refractivity contribution in [2.24, 2.45) is 5.92 Å². The number of nitrogens with zero attached hydrogens (tertiary/aromatic N) is 1. The molecule has 0 spiro atoms. The summed E-state index contributed by atoms with van der Waals surface area (Å²) in [6.07, 6.45) is 0.983. The third-order valence-electron chi connectivity index (χ3n) is 5.52. The maximum atomic E-state index is 13.0. The molecule has 1 amide bonds. The van der Waals surface area contributed by atoms with E-state index < -0.39 is 15.9 Å². The van der Waals surface area contributed by atoms with Gasteiger partial charge in [0, 0.05) is 13.1 Å². The molecule has 2 aromatic rings. The Kier molecular flexibility index (Phi) is 6.33. The summed E-state index contributed by atoms with van der Waals surface area (Å²) in [5.41, 5.74) is 0. The highest BCUT2D eigenvalue weighted by Crippen LogP contribution is 2.31. The lowest BCUT2D eigenvalue weighted by atomic mass is 9.99. The highest BCUT2D eigenvalue weighted by Gasteiger charge is 2.33. The number of sulfonamides is 1. The van der Waals surface area contributed by atoms with E-state index in [4.69, 9.17) is 14.2 Å². The summed E-state index contributed by atoms with van der Waals surface area (Å²) in [5.74, 6) is 1.36. The number of hydrogen-bond acceptors (Lipinski definition) is 6. The van der Waals surface area contributed by atoms with Gasteiger partial charge in [-0.25, -0.2) is 8.42 Å². The summed E-state index contributed by atoms with van der Waals surface area (Å²) in [7, 11) is -2.14. The lowest BCUT2D eigenvalue weighted by molar-refractivity contribution is -0.126. The molecule has 4 rings (SSSR count). The largest absolute Gasteiger partial charge is 0.497 e. The number of para-hydroxylation sites is 2. The number of carbonyl (C=O) groups is 1. The van der Waals surface area contributed by atoms with E-state index in [1.165, 1.54) is 23.5 Å². The minimum absolute atomic E-state index is 0.158. The van der Waals surface area contributed by atoms with Gasteiger partial charge in [-0.05, 0) is 49.2 Å². The van der Waals surface area contributed by atoms with Crippen molar-refractivity contribution >= 4 is 15.9 Å². The second-order valence-corrected chi connectivity index (χ2v) is 9.56. The van der Waals surface area contributed by atoms with Gasteiger partial charge in [-0.2, -0.15) is 4.31 Å². The Morgan fingerprint density at radius 3 is 2.65 bits per heavy atom. The number of methoxy groups -OCH3 is 1. The first-order valence-corrected chi connectivity index (χ1v) is 11.7. The van der Waals surface area contributed by atoms with E-state index in [1.54, 1.807) is 12.1 Å². The second-order valence-electron chi connectivity index (χ2n) is 7.62. The van der Waals surface area contributed by atoms with Crippen LogP contribution in [-0.4, -0.2) is 58.1 Å². The first-order valence-electron chi connectivity index (χ1n) is 10.3. The topological polar surface area (TPSA) is 94.2 Å². The molecule has 0 saturated carbocycles. The monoisotopic (exact) mass is 446 g/mol. The van der Waals surface area contributed by atoms with E-state index in [2.05, 4.69) is 5.32 Å². The molecule has 2 aliphatic rings. The van der Waals surface area contributed by atoms with E-state index in [9.17, 15) is 13.2 Å². The molecule has 166 valence electrons. The minimum Gasteiger partial charge on any atom is -0.497 e. The van der Waals surface area contributed by atoms with Crippen LogP contribution in [0.5, 0.6) is 17.2 Å². The molecule has 1 fully saturated rings. The molecule has 8 nitrogen and oxygen atoms in total. The van der Waals surface area contributed by atoms with Crippen LogP contribution < -0.4 is 19.5 Å². The molecule has 31 heavy (non-hydrogen) atoms. The summed E-state index contributed by atoms with van der Waals surface area (Å²) in [6, 6.07) is 13.7. The Morgan fingerprint density at radius 1 is 1.16 bits per heavy atom. The van der Waals surface area contributed by atoms with Crippen molar-refractivity contribution < 1.29 is 27.4 Å². The number of rotatable bonds is 6. The lowest BCUT2D eigenvalue weighted by Gasteiger charge is -2.32. The van der Waals surface area contributed by atoms with Crippen molar-refractivity contribution in [1.82, 2.24) is 9.62 Å². The Morgan fingerprint density at radius 2 is 1.90 bits per heavy atom. The zero-order chi connectivity index (χ0) is 21.8. The van der Waals surface area contributed by atoms with Gasteiger partial charge >= 0.3 is 0 Å². The van der Waals surface area contributed by atoms with E-state index >= 15 is 0 Å². The molecule has 0 aromatic heterocycles. The van der Waals surface area contributed by atoms with Gasteiger partial charge < -0.3 is 19.5 Å². The number of nitrogens with one attached hydrogen (secondary N) is 1. The van der Waals surface area contributed by atoms with E-state index in [0.29, 0.717) is 49.8 Å². The second kappa shape index (κ2) is 9.15. The zero-order valence-corrected chi connectivity index (χ0v) is 18.1. The minimum atomic E-state index is -3.67. The third-order valence-corrected chi connectivity index (χ3v) is 7.40. The predicted octanol–water partition coefficient (Wildman–Crippen LogP) is 2.05. The molecule has 2 aliphatic heterocycles. The number of benzene rings is 2. The van der Waals surface area contributed by atoms with Gasteiger partial charge in [0.25, 0.3) is 0 Å². The van der Waals surface area contributed by atoms with Crippen LogP contribution in [0.4, 0.5) is 0 Å². The van der Waals surface area contributed by atoms with E-state index in [-0.39, 0.29) is 23.5 Å². The number of ether oxygens (including phenoxy) is 3. The molecular formula is C22H26N2O6S. The highest BCUT2D eigenvalue weighted by molar-refractivity contribution is 7.89. The summed E-state index contributed by atoms with van der Waals surface area (Å²) < 4.78 is 44.0. The number of piperidine rings is 1. The normalized spacial score (nSPS) is 21.3. The van der Waals surface area contributed by atoms with Crippen LogP contribution in [0.25, 0.3) is 0 Å². The maximum Gasteiger partial charge on any atom is 0.243 e. The molecule has 0 bridgehead atoms. The van der Waals surface area contributed by atoms with Gasteiger partial charge in [-0.3, -0.25) is 4.79 Å². The van der Waals surface area contributed by atoms with Crippen LogP contribution in [0, 0.1) is 5.92 Å². The summed E-state index contributed by atoms with van der Waals surface area (Å²) in [5, 5.41) is 2.90. The quantitative estimate of drug-likeness (QED) is 0.730. The van der Waals surface area contributed by atoms with E-state index in [0.717, 1.165) is 0 Å². The fourth-order valence-corrected chi connectivity index (χ4v) is 5.32. The van der Waals surface area contributed by atoms with Crippen molar-refractivity contribution in [3.63, 3.8) is 0 Å². The smallest absolute Gasteiger partial charge is 0.243 e. The van der Waals surface area contributed by atoms with Crippen LogP contribution >= 0.6 is 0 Å². The summed E-state index contributed by atoms with van der Waals surface area (Å²) in [4.78, 5) is 12.9. The summed E-state index contributed by atoms with van der Waals surface area (Å²) >= 11 is 0. The van der Waals surface area contributed by atoms with Gasteiger partial charge in [-0.1, -0.05) is 12.1 Å². The lowest BCUT2D eigenvalue weighted by Crippen LogP contribution is -2.48. The molecule has 2 unspecified atom stereocenters. The number of fused-ring (bicyclic) bond motifs is 1. The first kappa shape index (κ1) is 21.5. The van der Waals surface area contributed by atoms with Gasteiger partial charge in [-0.15, -0.1) is 0 Å². The molecular weight excluding hydrogens is 420 g/mol. The Hall–Kier alpha value is -2.78. The van der Waals surface area contributed by atoms with Crippen LogP contribution in [0.2, 0.25) is 0 Å². The fraction of sp³-hybridized carbons (Fsp3) is 0.409. The maximum absolute atomic E-state index is 13.0. The number of hydrogen-bond donors (Lipinski definition) is 1. The standard InChI is InChI=1S/C22H26N2O6S/c1-28-17-8-10-19(11-9-17)31(26,27)24-12-4-5-16(14-24)22(25)23-13-18-15-29-20-6-2-3-7-21(20)30-18/h2-3,6-11,16,18H,4-5,12-15H2,1H3,(H,23,25). The molecule has 1 N–H and O–H groups in total.